The second-order valence-electron chi connectivity index (χ2n) is 11.3. The number of rotatable bonds is 9. The van der Waals surface area contributed by atoms with Gasteiger partial charge in [0.05, 0.1) is 24.7 Å². The SMILES string of the molecule is CCC[C@@H](C)[C@H]1O[C@@H]1C[C@H](C)/C=C/C=C(\C)[C@H]1OC(=O)C[C@H](O)CC[C@@](C)(OC(C)=O)C/C=C/[C@@H]1C. The largest absolute Gasteiger partial charge is 0.459 e. The first-order valence-corrected chi connectivity index (χ1v) is 13.7. The second kappa shape index (κ2) is 14.1. The van der Waals surface area contributed by atoms with Crippen molar-refractivity contribution in [2.75, 3.05) is 0 Å². The lowest BCUT2D eigenvalue weighted by molar-refractivity contribution is -0.158. The molecule has 1 saturated heterocycles. The summed E-state index contributed by atoms with van der Waals surface area (Å²) in [5, 5.41) is 10.4. The monoisotopic (exact) mass is 504 g/mol. The minimum absolute atomic E-state index is 0.0742. The van der Waals surface area contributed by atoms with Crippen LogP contribution >= 0.6 is 0 Å². The van der Waals surface area contributed by atoms with Gasteiger partial charge in [0.2, 0.25) is 0 Å². The second-order valence-corrected chi connectivity index (χ2v) is 11.3. The molecule has 0 aromatic rings. The fourth-order valence-electron chi connectivity index (χ4n) is 5.15. The molecule has 2 rings (SSSR count). The van der Waals surface area contributed by atoms with Crippen LogP contribution in [0.1, 0.15) is 93.4 Å². The number of ether oxygens (including phenoxy) is 3. The number of carbonyl (C=O) groups excluding carboxylic acids is 2. The maximum atomic E-state index is 12.6. The molecule has 8 atom stereocenters. The molecule has 2 heterocycles. The van der Waals surface area contributed by atoms with Crippen molar-refractivity contribution in [1.29, 1.82) is 0 Å². The topological polar surface area (TPSA) is 85.4 Å². The first-order valence-electron chi connectivity index (χ1n) is 13.7. The number of esters is 2. The molecule has 0 bridgehead atoms. The average molecular weight is 505 g/mol. The highest BCUT2D eigenvalue weighted by Gasteiger charge is 2.42. The van der Waals surface area contributed by atoms with Crippen molar-refractivity contribution in [3.05, 3.63) is 36.0 Å². The van der Waals surface area contributed by atoms with Gasteiger partial charge >= 0.3 is 11.9 Å². The van der Waals surface area contributed by atoms with Crippen molar-refractivity contribution >= 4 is 11.9 Å². The predicted octanol–water partition coefficient (Wildman–Crippen LogP) is 6.08. The zero-order valence-electron chi connectivity index (χ0n) is 23.4. The maximum absolute atomic E-state index is 12.6. The van der Waals surface area contributed by atoms with Gasteiger partial charge in [-0.15, -0.1) is 0 Å². The highest BCUT2D eigenvalue weighted by Crippen LogP contribution is 2.36. The van der Waals surface area contributed by atoms with Crippen LogP contribution in [0.2, 0.25) is 0 Å². The third kappa shape index (κ3) is 10.2. The Kier molecular flexibility index (Phi) is 11.9. The lowest BCUT2D eigenvalue weighted by Gasteiger charge is -2.30. The van der Waals surface area contributed by atoms with Gasteiger partial charge in [-0.05, 0) is 56.9 Å². The number of carbonyl (C=O) groups is 2. The van der Waals surface area contributed by atoms with Crippen LogP contribution in [0.3, 0.4) is 0 Å². The Morgan fingerprint density at radius 1 is 1.33 bits per heavy atom. The Balaban J connectivity index is 2.05. The van der Waals surface area contributed by atoms with E-state index in [4.69, 9.17) is 14.2 Å². The molecule has 0 aromatic carbocycles. The first kappa shape index (κ1) is 30.3. The average Bonchev–Trinajstić information content (AvgIpc) is 3.54. The van der Waals surface area contributed by atoms with Gasteiger partial charge in [0, 0.05) is 19.3 Å². The highest BCUT2D eigenvalue weighted by molar-refractivity contribution is 5.70. The summed E-state index contributed by atoms with van der Waals surface area (Å²) in [5.74, 6) is 0.162. The van der Waals surface area contributed by atoms with Gasteiger partial charge in [-0.2, -0.15) is 0 Å². The van der Waals surface area contributed by atoms with Gasteiger partial charge in [-0.3, -0.25) is 9.59 Å². The van der Waals surface area contributed by atoms with E-state index in [2.05, 4.69) is 26.8 Å². The molecule has 0 radical (unpaired) electrons. The highest BCUT2D eigenvalue weighted by atomic mass is 16.6. The summed E-state index contributed by atoms with van der Waals surface area (Å²) in [5.41, 5.74) is 0.222. The van der Waals surface area contributed by atoms with E-state index in [1.54, 1.807) is 0 Å². The van der Waals surface area contributed by atoms with Crippen molar-refractivity contribution in [3.8, 4) is 0 Å². The molecule has 1 N–H and O–H groups in total. The summed E-state index contributed by atoms with van der Waals surface area (Å²) in [6.45, 7) is 13.9. The van der Waals surface area contributed by atoms with E-state index in [0.717, 1.165) is 12.0 Å². The Labute approximate surface area is 218 Å². The molecule has 0 aromatic heterocycles. The van der Waals surface area contributed by atoms with Crippen LogP contribution in [0.25, 0.3) is 0 Å². The normalized spacial score (nSPS) is 34.7. The Bertz CT molecular complexity index is 814. The van der Waals surface area contributed by atoms with E-state index in [0.29, 0.717) is 43.3 Å². The van der Waals surface area contributed by atoms with E-state index < -0.39 is 23.8 Å². The zero-order valence-corrected chi connectivity index (χ0v) is 23.4. The molecular weight excluding hydrogens is 456 g/mol. The number of epoxide rings is 1. The van der Waals surface area contributed by atoms with Crippen molar-refractivity contribution in [2.24, 2.45) is 17.8 Å². The summed E-state index contributed by atoms with van der Waals surface area (Å²) < 4.78 is 17.3. The molecule has 0 unspecified atom stereocenters. The van der Waals surface area contributed by atoms with Gasteiger partial charge in [0.1, 0.15) is 11.7 Å². The first-order chi connectivity index (χ1) is 16.9. The molecule has 0 aliphatic carbocycles. The zero-order chi connectivity index (χ0) is 26.9. The van der Waals surface area contributed by atoms with Crippen LogP contribution in [-0.2, 0) is 23.8 Å². The molecular formula is C30H48O6. The van der Waals surface area contributed by atoms with Gasteiger partial charge in [0.25, 0.3) is 0 Å². The van der Waals surface area contributed by atoms with E-state index in [-0.39, 0.29) is 18.3 Å². The Morgan fingerprint density at radius 2 is 2.06 bits per heavy atom. The number of aliphatic hydroxyl groups excluding tert-OH is 1. The van der Waals surface area contributed by atoms with Crippen LogP contribution in [0, 0.1) is 17.8 Å². The van der Waals surface area contributed by atoms with Gasteiger partial charge in [-0.1, -0.05) is 64.5 Å². The number of allylic oxidation sites excluding steroid dienone is 3. The van der Waals surface area contributed by atoms with Crippen molar-refractivity contribution < 1.29 is 28.9 Å². The minimum atomic E-state index is -0.842. The maximum Gasteiger partial charge on any atom is 0.309 e. The van der Waals surface area contributed by atoms with Crippen LogP contribution in [0.4, 0.5) is 0 Å². The van der Waals surface area contributed by atoms with Crippen LogP contribution < -0.4 is 0 Å². The third-order valence-electron chi connectivity index (χ3n) is 7.30. The number of cyclic esters (lactones) is 1. The molecule has 0 amide bonds. The molecule has 36 heavy (non-hydrogen) atoms. The molecule has 2 aliphatic rings. The summed E-state index contributed by atoms with van der Waals surface area (Å²) >= 11 is 0. The van der Waals surface area contributed by atoms with Gasteiger partial charge in [0.15, 0.2) is 0 Å². The quantitative estimate of drug-likeness (QED) is 0.177. The molecule has 2 aliphatic heterocycles. The Hall–Kier alpha value is -1.92. The Morgan fingerprint density at radius 3 is 2.72 bits per heavy atom. The number of hydrogen-bond acceptors (Lipinski definition) is 6. The molecule has 0 spiro atoms. The van der Waals surface area contributed by atoms with Crippen molar-refractivity contribution in [2.45, 2.75) is 123 Å². The summed E-state index contributed by atoms with van der Waals surface area (Å²) in [7, 11) is 0. The molecule has 6 nitrogen and oxygen atoms in total. The molecule has 204 valence electrons. The van der Waals surface area contributed by atoms with E-state index in [9.17, 15) is 14.7 Å². The van der Waals surface area contributed by atoms with Crippen LogP contribution in [-0.4, -0.2) is 47.1 Å². The minimum Gasteiger partial charge on any atom is -0.459 e. The smallest absolute Gasteiger partial charge is 0.309 e. The van der Waals surface area contributed by atoms with Crippen molar-refractivity contribution in [3.63, 3.8) is 0 Å². The van der Waals surface area contributed by atoms with Gasteiger partial charge < -0.3 is 19.3 Å². The standard InChI is InChI=1S/C30H48O6/c1-8-11-21(3)29-26(34-29)18-20(2)12-9-13-22(4)28-23(5)14-10-16-30(7,36-24(6)31)17-15-25(32)19-27(33)35-28/h9-10,12-14,20-21,23,25-26,28-29,32H,8,11,15-19H2,1-7H3/b12-9+,14-10+,22-13+/t20-,21-,23+,25-,26-,28-,29-,30+/m1/s1. The van der Waals surface area contributed by atoms with Crippen LogP contribution in [0.5, 0.6) is 0 Å². The molecule has 1 fully saturated rings. The fourth-order valence-corrected chi connectivity index (χ4v) is 5.15. The molecule has 0 saturated carbocycles. The predicted molar refractivity (Wildman–Crippen MR) is 142 cm³/mol. The van der Waals surface area contributed by atoms with Crippen LogP contribution in [0.15, 0.2) is 36.0 Å². The summed E-state index contributed by atoms with van der Waals surface area (Å²) in [6.07, 6.45) is 14.4. The van der Waals surface area contributed by atoms with Crippen molar-refractivity contribution in [1.82, 2.24) is 0 Å². The third-order valence-corrected chi connectivity index (χ3v) is 7.30. The van der Waals surface area contributed by atoms with E-state index in [1.165, 1.54) is 19.8 Å². The number of aliphatic hydroxyl groups is 1. The lowest BCUT2D eigenvalue weighted by atomic mass is 9.90. The van der Waals surface area contributed by atoms with E-state index in [1.807, 2.05) is 45.1 Å². The van der Waals surface area contributed by atoms with E-state index >= 15 is 0 Å². The fraction of sp³-hybridized carbons (Fsp3) is 0.733. The lowest BCUT2D eigenvalue weighted by Crippen LogP contribution is -2.33. The summed E-state index contributed by atoms with van der Waals surface area (Å²) in [6, 6.07) is 0. The molecule has 6 heteroatoms. The summed E-state index contributed by atoms with van der Waals surface area (Å²) in [4.78, 5) is 24.2. The number of hydrogen-bond donors (Lipinski definition) is 1. The van der Waals surface area contributed by atoms with Gasteiger partial charge in [-0.25, -0.2) is 0 Å².